The SMILES string of the molecule is O=CC(=O)N1CCOc2cc(C(F)(F)F)cc(F)c21. The van der Waals surface area contributed by atoms with Crippen LogP contribution >= 0.6 is 0 Å². The van der Waals surface area contributed by atoms with Crippen LogP contribution in [-0.4, -0.2) is 25.3 Å². The second-order valence-corrected chi connectivity index (χ2v) is 3.76. The van der Waals surface area contributed by atoms with E-state index in [0.29, 0.717) is 6.07 Å². The highest BCUT2D eigenvalue weighted by atomic mass is 19.4. The van der Waals surface area contributed by atoms with Gasteiger partial charge in [0.15, 0.2) is 5.82 Å². The van der Waals surface area contributed by atoms with E-state index >= 15 is 0 Å². The summed E-state index contributed by atoms with van der Waals surface area (Å²) in [6.07, 6.45) is -4.76. The molecule has 1 aromatic rings. The Morgan fingerprint density at radius 3 is 2.63 bits per heavy atom. The number of hydrogen-bond donors (Lipinski definition) is 0. The van der Waals surface area contributed by atoms with E-state index in [1.165, 1.54) is 0 Å². The van der Waals surface area contributed by atoms with Gasteiger partial charge in [-0.1, -0.05) is 0 Å². The van der Waals surface area contributed by atoms with Crippen molar-refractivity contribution in [1.29, 1.82) is 0 Å². The molecule has 0 radical (unpaired) electrons. The van der Waals surface area contributed by atoms with Crippen molar-refractivity contribution >= 4 is 17.9 Å². The molecule has 0 bridgehead atoms. The van der Waals surface area contributed by atoms with Crippen molar-refractivity contribution < 1.29 is 31.9 Å². The predicted molar refractivity (Wildman–Crippen MR) is 55.3 cm³/mol. The fourth-order valence-electron chi connectivity index (χ4n) is 1.75. The lowest BCUT2D eigenvalue weighted by Crippen LogP contribution is -2.39. The molecule has 4 nitrogen and oxygen atoms in total. The van der Waals surface area contributed by atoms with Gasteiger partial charge in [-0.15, -0.1) is 0 Å². The Kier molecular flexibility index (Phi) is 3.17. The lowest BCUT2D eigenvalue weighted by atomic mass is 10.1. The molecular formula is C11H7F4NO3. The smallest absolute Gasteiger partial charge is 0.416 e. The first kappa shape index (κ1) is 13.3. The summed E-state index contributed by atoms with van der Waals surface area (Å²) in [6.45, 7) is -0.222. The zero-order chi connectivity index (χ0) is 14.2. The number of benzene rings is 1. The number of halogens is 4. The molecule has 1 aliphatic rings. The van der Waals surface area contributed by atoms with Crippen molar-refractivity contribution in [2.75, 3.05) is 18.1 Å². The first-order valence-corrected chi connectivity index (χ1v) is 5.15. The summed E-state index contributed by atoms with van der Waals surface area (Å²) in [4.78, 5) is 22.4. The van der Waals surface area contributed by atoms with Crippen molar-refractivity contribution in [2.24, 2.45) is 0 Å². The molecule has 0 saturated carbocycles. The molecule has 0 fully saturated rings. The monoisotopic (exact) mass is 277 g/mol. The number of alkyl halides is 3. The second-order valence-electron chi connectivity index (χ2n) is 3.76. The van der Waals surface area contributed by atoms with Gasteiger partial charge in [0.05, 0.1) is 12.1 Å². The van der Waals surface area contributed by atoms with Crippen LogP contribution in [0, 0.1) is 5.82 Å². The van der Waals surface area contributed by atoms with E-state index in [-0.39, 0.29) is 25.5 Å². The highest BCUT2D eigenvalue weighted by molar-refractivity contribution is 6.30. The first-order chi connectivity index (χ1) is 8.84. The van der Waals surface area contributed by atoms with Gasteiger partial charge in [-0.25, -0.2) is 4.39 Å². The second kappa shape index (κ2) is 4.52. The Balaban J connectivity index is 2.55. The Morgan fingerprint density at radius 1 is 1.37 bits per heavy atom. The van der Waals surface area contributed by atoms with E-state index in [1.807, 2.05) is 0 Å². The third kappa shape index (κ3) is 2.38. The van der Waals surface area contributed by atoms with Crippen LogP contribution in [0.25, 0.3) is 0 Å². The molecule has 0 aliphatic carbocycles. The number of ether oxygens (including phenoxy) is 1. The number of carbonyl (C=O) groups excluding carboxylic acids is 2. The van der Waals surface area contributed by atoms with E-state index in [2.05, 4.69) is 0 Å². The lowest BCUT2D eigenvalue weighted by Gasteiger charge is -2.29. The molecule has 0 unspecified atom stereocenters. The summed E-state index contributed by atoms with van der Waals surface area (Å²) in [5, 5.41) is 0. The normalized spacial score (nSPS) is 14.6. The van der Waals surface area contributed by atoms with Gasteiger partial charge in [-0.05, 0) is 12.1 Å². The van der Waals surface area contributed by atoms with Crippen molar-refractivity contribution in [2.45, 2.75) is 6.18 Å². The number of amides is 1. The molecular weight excluding hydrogens is 270 g/mol. The summed E-state index contributed by atoms with van der Waals surface area (Å²) >= 11 is 0. The quantitative estimate of drug-likeness (QED) is 0.446. The minimum Gasteiger partial charge on any atom is -0.489 e. The van der Waals surface area contributed by atoms with Gasteiger partial charge in [-0.2, -0.15) is 13.2 Å². The Hall–Kier alpha value is -2.12. The summed E-state index contributed by atoms with van der Waals surface area (Å²) in [7, 11) is 0. The summed E-state index contributed by atoms with van der Waals surface area (Å²) in [5.74, 6) is -2.71. The molecule has 0 aromatic heterocycles. The van der Waals surface area contributed by atoms with Gasteiger partial charge in [-0.3, -0.25) is 14.5 Å². The van der Waals surface area contributed by atoms with Gasteiger partial charge >= 0.3 is 6.18 Å². The van der Waals surface area contributed by atoms with Crippen LogP contribution in [0.5, 0.6) is 5.75 Å². The standard InChI is InChI=1S/C11H7F4NO3/c12-7-3-6(11(13,14)15)4-8-10(7)16(1-2-19-8)9(18)5-17/h3-5H,1-2H2. The number of hydrogen-bond acceptors (Lipinski definition) is 3. The molecule has 8 heteroatoms. The lowest BCUT2D eigenvalue weighted by molar-refractivity contribution is -0.137. The Labute approximate surface area is 104 Å². The van der Waals surface area contributed by atoms with E-state index in [1.54, 1.807) is 0 Å². The molecule has 0 saturated heterocycles. The van der Waals surface area contributed by atoms with Crippen LogP contribution in [-0.2, 0) is 15.8 Å². The number of rotatable bonds is 1. The minimum absolute atomic E-state index is 0.0355. The molecule has 1 aliphatic heterocycles. The van der Waals surface area contributed by atoms with Gasteiger partial charge < -0.3 is 4.74 Å². The van der Waals surface area contributed by atoms with Crippen molar-refractivity contribution in [3.05, 3.63) is 23.5 Å². The van der Waals surface area contributed by atoms with Crippen LogP contribution in [0.3, 0.4) is 0 Å². The average Bonchev–Trinajstić information content (AvgIpc) is 2.35. The fourth-order valence-corrected chi connectivity index (χ4v) is 1.75. The molecule has 1 aromatic carbocycles. The summed E-state index contributed by atoms with van der Waals surface area (Å²) < 4.78 is 56.1. The van der Waals surface area contributed by atoms with Crippen LogP contribution in [0.4, 0.5) is 23.2 Å². The largest absolute Gasteiger partial charge is 0.489 e. The van der Waals surface area contributed by atoms with Crippen LogP contribution in [0.15, 0.2) is 12.1 Å². The van der Waals surface area contributed by atoms with Gasteiger partial charge in [0.2, 0.25) is 6.29 Å². The molecule has 102 valence electrons. The zero-order valence-corrected chi connectivity index (χ0v) is 9.33. The maximum atomic E-state index is 13.7. The van der Waals surface area contributed by atoms with E-state index in [0.717, 1.165) is 4.90 Å². The third-order valence-electron chi connectivity index (χ3n) is 2.56. The van der Waals surface area contributed by atoms with Crippen LogP contribution in [0.1, 0.15) is 5.56 Å². The molecule has 19 heavy (non-hydrogen) atoms. The molecule has 1 heterocycles. The molecule has 2 rings (SSSR count). The van der Waals surface area contributed by atoms with Crippen molar-refractivity contribution in [3.63, 3.8) is 0 Å². The number of carbonyl (C=O) groups is 2. The van der Waals surface area contributed by atoms with Gasteiger partial charge in [0.1, 0.15) is 18.0 Å². The predicted octanol–water partition coefficient (Wildman–Crippen LogP) is 1.77. The number of fused-ring (bicyclic) bond motifs is 1. The number of aldehydes is 1. The maximum Gasteiger partial charge on any atom is 0.416 e. The third-order valence-corrected chi connectivity index (χ3v) is 2.56. The van der Waals surface area contributed by atoms with Gasteiger partial charge in [0.25, 0.3) is 5.91 Å². The maximum absolute atomic E-state index is 13.7. The van der Waals surface area contributed by atoms with Crippen LogP contribution < -0.4 is 9.64 Å². The topological polar surface area (TPSA) is 46.6 Å². The zero-order valence-electron chi connectivity index (χ0n) is 9.33. The summed E-state index contributed by atoms with van der Waals surface area (Å²) in [5.41, 5.74) is -1.67. The van der Waals surface area contributed by atoms with Gasteiger partial charge in [0, 0.05) is 0 Å². The Bertz CT molecular complexity index is 541. The molecule has 1 amide bonds. The number of nitrogens with zero attached hydrogens (tertiary/aromatic N) is 1. The van der Waals surface area contributed by atoms with Crippen molar-refractivity contribution in [3.8, 4) is 5.75 Å². The first-order valence-electron chi connectivity index (χ1n) is 5.15. The highest BCUT2D eigenvalue weighted by Gasteiger charge is 2.35. The average molecular weight is 277 g/mol. The molecule has 0 atom stereocenters. The van der Waals surface area contributed by atoms with E-state index in [9.17, 15) is 27.2 Å². The van der Waals surface area contributed by atoms with E-state index < -0.39 is 34.9 Å². The fraction of sp³-hybridized carbons (Fsp3) is 0.273. The Morgan fingerprint density at radius 2 is 2.05 bits per heavy atom. The highest BCUT2D eigenvalue weighted by Crippen LogP contribution is 2.40. The summed E-state index contributed by atoms with van der Waals surface area (Å²) in [6, 6.07) is 0.862. The van der Waals surface area contributed by atoms with E-state index in [4.69, 9.17) is 4.74 Å². The minimum atomic E-state index is -4.73. The molecule has 0 spiro atoms. The van der Waals surface area contributed by atoms with Crippen LogP contribution in [0.2, 0.25) is 0 Å². The molecule has 0 N–H and O–H groups in total. The number of anilines is 1. The van der Waals surface area contributed by atoms with Crippen molar-refractivity contribution in [1.82, 2.24) is 0 Å².